The standard InChI is InChI=1S/C24H29N5O2/c1-16-7-4-9-18(13-16)15-29-22(30)20-21(26(3)24(29)31)25-23-27(11-6-12-28(20)23)19-10-5-8-17(2)14-19/h4-5,7-10,13-14,20-21,23,25H,6,11-12,15H2,1-3H3. The molecule has 0 saturated carbocycles. The fourth-order valence-corrected chi connectivity index (χ4v) is 5.13. The van der Waals surface area contributed by atoms with Crippen LogP contribution in [0.3, 0.4) is 0 Å². The summed E-state index contributed by atoms with van der Waals surface area (Å²) in [6, 6.07) is 15.8. The van der Waals surface area contributed by atoms with Crippen molar-refractivity contribution in [2.24, 2.45) is 0 Å². The Balaban J connectivity index is 1.44. The van der Waals surface area contributed by atoms with Crippen molar-refractivity contribution in [2.75, 3.05) is 25.0 Å². The van der Waals surface area contributed by atoms with E-state index in [1.807, 2.05) is 31.2 Å². The first-order chi connectivity index (χ1) is 14.9. The van der Waals surface area contributed by atoms with E-state index >= 15 is 0 Å². The first kappa shape index (κ1) is 20.0. The van der Waals surface area contributed by atoms with Gasteiger partial charge in [-0.1, -0.05) is 42.0 Å². The number of fused-ring (bicyclic) bond motifs is 3. The SMILES string of the molecule is Cc1cccc(CN2C(=O)C3C(NC4N(c5cccc(C)c5)CCCN34)N(C)C2=O)c1. The Kier molecular flexibility index (Phi) is 4.95. The lowest BCUT2D eigenvalue weighted by atomic mass is 10.1. The Morgan fingerprint density at radius 3 is 2.48 bits per heavy atom. The van der Waals surface area contributed by atoms with Gasteiger partial charge in [-0.3, -0.25) is 19.9 Å². The zero-order valence-electron chi connectivity index (χ0n) is 18.3. The molecule has 3 atom stereocenters. The quantitative estimate of drug-likeness (QED) is 0.828. The van der Waals surface area contributed by atoms with Gasteiger partial charge in [-0.15, -0.1) is 0 Å². The van der Waals surface area contributed by atoms with Gasteiger partial charge in [0, 0.05) is 25.8 Å². The van der Waals surface area contributed by atoms with Gasteiger partial charge >= 0.3 is 6.03 Å². The number of rotatable bonds is 3. The van der Waals surface area contributed by atoms with Gasteiger partial charge in [-0.25, -0.2) is 4.79 Å². The first-order valence-electron chi connectivity index (χ1n) is 10.9. The molecule has 5 rings (SSSR count). The van der Waals surface area contributed by atoms with Crippen molar-refractivity contribution in [1.29, 1.82) is 0 Å². The molecule has 0 radical (unpaired) electrons. The molecule has 0 bridgehead atoms. The first-order valence-corrected chi connectivity index (χ1v) is 10.9. The molecule has 3 heterocycles. The fraction of sp³-hybridized carbons (Fsp3) is 0.417. The molecule has 2 aromatic carbocycles. The van der Waals surface area contributed by atoms with E-state index in [1.165, 1.54) is 10.5 Å². The van der Waals surface area contributed by atoms with E-state index < -0.39 is 0 Å². The number of hydrogen-bond acceptors (Lipinski definition) is 5. The Morgan fingerprint density at radius 1 is 1.00 bits per heavy atom. The van der Waals surface area contributed by atoms with E-state index in [4.69, 9.17) is 0 Å². The van der Waals surface area contributed by atoms with Gasteiger partial charge in [0.2, 0.25) is 0 Å². The third-order valence-electron chi connectivity index (χ3n) is 6.63. The topological polar surface area (TPSA) is 59.1 Å². The normalized spacial score (nSPS) is 26.3. The number of carbonyl (C=O) groups excluding carboxylic acids is 2. The molecule has 0 aliphatic carbocycles. The van der Waals surface area contributed by atoms with Gasteiger partial charge in [0.25, 0.3) is 5.91 Å². The summed E-state index contributed by atoms with van der Waals surface area (Å²) in [5, 5.41) is 3.58. The lowest BCUT2D eigenvalue weighted by Gasteiger charge is -2.44. The van der Waals surface area contributed by atoms with Crippen molar-refractivity contribution in [1.82, 2.24) is 20.0 Å². The van der Waals surface area contributed by atoms with Crippen LogP contribution in [0.4, 0.5) is 10.5 Å². The van der Waals surface area contributed by atoms with Gasteiger partial charge in [0.05, 0.1) is 6.54 Å². The van der Waals surface area contributed by atoms with Crippen molar-refractivity contribution in [3.63, 3.8) is 0 Å². The molecule has 7 heteroatoms. The van der Waals surface area contributed by atoms with Crippen LogP contribution in [0.15, 0.2) is 48.5 Å². The van der Waals surface area contributed by atoms with Crippen LogP contribution in [0.1, 0.15) is 23.1 Å². The third kappa shape index (κ3) is 3.38. The Bertz CT molecular complexity index is 1020. The smallest absolute Gasteiger partial charge is 0.328 e. The molecule has 31 heavy (non-hydrogen) atoms. The number of hydrogen-bond donors (Lipinski definition) is 1. The molecular weight excluding hydrogens is 390 g/mol. The van der Waals surface area contributed by atoms with E-state index in [2.05, 4.69) is 46.3 Å². The van der Waals surface area contributed by atoms with E-state index in [-0.39, 0.29) is 30.4 Å². The molecule has 3 aliphatic heterocycles. The average Bonchev–Trinajstić information content (AvgIpc) is 3.15. The van der Waals surface area contributed by atoms with Crippen LogP contribution in [-0.4, -0.2) is 65.3 Å². The summed E-state index contributed by atoms with van der Waals surface area (Å²) in [6.45, 7) is 6.15. The van der Waals surface area contributed by atoms with Crippen LogP contribution >= 0.6 is 0 Å². The molecule has 0 spiro atoms. The van der Waals surface area contributed by atoms with E-state index in [0.717, 1.165) is 36.3 Å². The molecule has 3 aliphatic rings. The van der Waals surface area contributed by atoms with Crippen LogP contribution in [0.2, 0.25) is 0 Å². The minimum absolute atomic E-state index is 0.108. The zero-order chi connectivity index (χ0) is 21.7. The Labute approximate surface area is 183 Å². The number of carbonyl (C=O) groups is 2. The molecule has 0 aromatic heterocycles. The predicted molar refractivity (Wildman–Crippen MR) is 119 cm³/mol. The summed E-state index contributed by atoms with van der Waals surface area (Å²) in [6.07, 6.45) is 0.533. The van der Waals surface area contributed by atoms with Crippen molar-refractivity contribution in [2.45, 2.75) is 45.3 Å². The minimum Gasteiger partial charge on any atom is -0.343 e. The molecule has 3 amide bonds. The van der Waals surface area contributed by atoms with Crippen LogP contribution in [0.25, 0.3) is 0 Å². The number of benzene rings is 2. The van der Waals surface area contributed by atoms with Crippen LogP contribution < -0.4 is 10.2 Å². The molecule has 3 saturated heterocycles. The maximum absolute atomic E-state index is 13.6. The van der Waals surface area contributed by atoms with Crippen LogP contribution in [0, 0.1) is 13.8 Å². The summed E-state index contributed by atoms with van der Waals surface area (Å²) < 4.78 is 0. The summed E-state index contributed by atoms with van der Waals surface area (Å²) in [4.78, 5) is 34.3. The molecule has 2 aromatic rings. The van der Waals surface area contributed by atoms with Gasteiger partial charge < -0.3 is 9.80 Å². The maximum atomic E-state index is 13.6. The van der Waals surface area contributed by atoms with E-state index in [1.54, 1.807) is 11.9 Å². The fourth-order valence-electron chi connectivity index (χ4n) is 5.13. The number of anilines is 1. The lowest BCUT2D eigenvalue weighted by molar-refractivity contribution is -0.139. The van der Waals surface area contributed by atoms with Gasteiger partial charge in [-0.2, -0.15) is 0 Å². The van der Waals surface area contributed by atoms with Crippen molar-refractivity contribution in [3.8, 4) is 0 Å². The molecule has 3 unspecified atom stereocenters. The third-order valence-corrected chi connectivity index (χ3v) is 6.63. The number of urea groups is 1. The van der Waals surface area contributed by atoms with Crippen LogP contribution in [-0.2, 0) is 11.3 Å². The van der Waals surface area contributed by atoms with Gasteiger partial charge in [-0.05, 0) is 43.5 Å². The summed E-state index contributed by atoms with van der Waals surface area (Å²) in [5.74, 6) is -0.115. The van der Waals surface area contributed by atoms with Crippen LogP contribution in [0.5, 0.6) is 0 Å². The molecular formula is C24H29N5O2. The Hall–Kier alpha value is -2.90. The molecule has 7 nitrogen and oxygen atoms in total. The molecule has 1 N–H and O–H groups in total. The van der Waals surface area contributed by atoms with Crippen molar-refractivity contribution < 1.29 is 9.59 Å². The number of aryl methyl sites for hydroxylation is 2. The number of amides is 3. The highest BCUT2D eigenvalue weighted by Crippen LogP contribution is 2.33. The van der Waals surface area contributed by atoms with Crippen molar-refractivity contribution in [3.05, 3.63) is 65.2 Å². The molecule has 162 valence electrons. The monoisotopic (exact) mass is 419 g/mol. The zero-order valence-corrected chi connectivity index (χ0v) is 18.3. The van der Waals surface area contributed by atoms with E-state index in [0.29, 0.717) is 6.54 Å². The van der Waals surface area contributed by atoms with Crippen molar-refractivity contribution >= 4 is 17.6 Å². The van der Waals surface area contributed by atoms with Gasteiger partial charge in [0.1, 0.15) is 18.5 Å². The number of nitrogens with zero attached hydrogens (tertiary/aromatic N) is 4. The van der Waals surface area contributed by atoms with Gasteiger partial charge in [0.15, 0.2) is 0 Å². The maximum Gasteiger partial charge on any atom is 0.328 e. The summed E-state index contributed by atoms with van der Waals surface area (Å²) >= 11 is 0. The second-order valence-electron chi connectivity index (χ2n) is 8.86. The summed E-state index contributed by atoms with van der Waals surface area (Å²) in [7, 11) is 1.79. The second-order valence-corrected chi connectivity index (χ2v) is 8.86. The lowest BCUT2D eigenvalue weighted by Crippen LogP contribution is -2.66. The number of nitrogens with one attached hydrogen (secondary N) is 1. The second kappa shape index (κ2) is 7.66. The number of imide groups is 1. The molecule has 3 fully saturated rings. The van der Waals surface area contributed by atoms with E-state index in [9.17, 15) is 9.59 Å². The minimum atomic E-state index is -0.384. The highest BCUT2D eigenvalue weighted by molar-refractivity contribution is 6.00. The highest BCUT2D eigenvalue weighted by Gasteiger charge is 2.56. The largest absolute Gasteiger partial charge is 0.343 e. The average molecular weight is 420 g/mol. The number of likely N-dealkylation sites (N-methyl/N-ethyl adjacent to an activating group) is 1. The highest BCUT2D eigenvalue weighted by atomic mass is 16.2. The predicted octanol–water partition coefficient (Wildman–Crippen LogP) is 2.49. The summed E-state index contributed by atoms with van der Waals surface area (Å²) in [5.41, 5.74) is 4.43. The Morgan fingerprint density at radius 2 is 1.74 bits per heavy atom.